The first kappa shape index (κ1) is 20.1. The molecule has 28 heavy (non-hydrogen) atoms. The van der Waals surface area contributed by atoms with Crippen LogP contribution in [0.2, 0.25) is 0 Å². The van der Waals surface area contributed by atoms with Crippen molar-refractivity contribution in [1.29, 1.82) is 0 Å². The Labute approximate surface area is 167 Å². The maximum Gasteiger partial charge on any atom is 0.341 e. The summed E-state index contributed by atoms with van der Waals surface area (Å²) in [5.41, 5.74) is 2.59. The first-order valence-electron chi connectivity index (χ1n) is 9.16. The van der Waals surface area contributed by atoms with Gasteiger partial charge < -0.3 is 14.8 Å². The molecule has 2 aromatic rings. The summed E-state index contributed by atoms with van der Waals surface area (Å²) in [5.74, 6) is -0.964. The van der Waals surface area contributed by atoms with Crippen molar-refractivity contribution in [2.24, 2.45) is 5.92 Å². The molecule has 1 aromatic heterocycles. The minimum atomic E-state index is -0.555. The number of rotatable bonds is 5. The van der Waals surface area contributed by atoms with E-state index in [0.29, 0.717) is 22.0 Å². The molecule has 1 amide bonds. The summed E-state index contributed by atoms with van der Waals surface area (Å²) < 4.78 is 10.0. The van der Waals surface area contributed by atoms with E-state index in [0.717, 1.165) is 35.3 Å². The second-order valence-electron chi connectivity index (χ2n) is 6.99. The maximum atomic E-state index is 12.3. The second kappa shape index (κ2) is 8.56. The number of esters is 2. The zero-order valence-corrected chi connectivity index (χ0v) is 17.0. The van der Waals surface area contributed by atoms with Crippen LogP contribution in [0.4, 0.5) is 5.00 Å². The van der Waals surface area contributed by atoms with Gasteiger partial charge in [-0.05, 0) is 49.3 Å². The average molecular weight is 401 g/mol. The second-order valence-corrected chi connectivity index (χ2v) is 8.09. The first-order chi connectivity index (χ1) is 13.4. The fraction of sp³-hybridized carbons (Fsp3) is 0.381. The van der Waals surface area contributed by atoms with E-state index < -0.39 is 24.5 Å². The number of nitrogens with one attached hydrogen (secondary N) is 1. The van der Waals surface area contributed by atoms with Crippen molar-refractivity contribution in [1.82, 2.24) is 0 Å². The predicted octanol–water partition coefficient (Wildman–Crippen LogP) is 3.76. The smallest absolute Gasteiger partial charge is 0.341 e. The lowest BCUT2D eigenvalue weighted by molar-refractivity contribution is -0.119. The van der Waals surface area contributed by atoms with Gasteiger partial charge in [-0.1, -0.05) is 25.1 Å². The SMILES string of the molecule is COC(=O)c1c(NC(=O)COC(=O)c2ccccc2C)sc2c1CC[C@@H](C)C2. The molecule has 0 aliphatic heterocycles. The Hall–Kier alpha value is -2.67. The number of carbonyl (C=O) groups is 3. The van der Waals surface area contributed by atoms with E-state index in [4.69, 9.17) is 9.47 Å². The minimum absolute atomic E-state index is 0.422. The summed E-state index contributed by atoms with van der Waals surface area (Å²) in [6, 6.07) is 7.02. The predicted molar refractivity (Wildman–Crippen MR) is 107 cm³/mol. The number of benzene rings is 1. The molecule has 7 heteroatoms. The summed E-state index contributed by atoms with van der Waals surface area (Å²) in [7, 11) is 1.33. The first-order valence-corrected chi connectivity index (χ1v) is 9.97. The van der Waals surface area contributed by atoms with Crippen molar-refractivity contribution in [3.05, 3.63) is 51.4 Å². The Bertz CT molecular complexity index is 918. The number of aryl methyl sites for hydroxylation is 1. The van der Waals surface area contributed by atoms with Gasteiger partial charge in [-0.3, -0.25) is 4.79 Å². The van der Waals surface area contributed by atoms with Crippen molar-refractivity contribution in [2.45, 2.75) is 33.1 Å². The molecule has 1 aliphatic carbocycles. The van der Waals surface area contributed by atoms with E-state index in [-0.39, 0.29) is 0 Å². The van der Waals surface area contributed by atoms with Crippen LogP contribution in [-0.4, -0.2) is 31.6 Å². The lowest BCUT2D eigenvalue weighted by atomic mass is 9.88. The summed E-state index contributed by atoms with van der Waals surface area (Å²) in [5, 5.41) is 3.18. The molecule has 0 fully saturated rings. The molecule has 0 spiro atoms. The lowest BCUT2D eigenvalue weighted by Gasteiger charge is -2.18. The van der Waals surface area contributed by atoms with E-state index >= 15 is 0 Å². The van der Waals surface area contributed by atoms with Crippen LogP contribution in [0.5, 0.6) is 0 Å². The molecule has 0 radical (unpaired) electrons. The van der Waals surface area contributed by atoms with Gasteiger partial charge in [-0.2, -0.15) is 0 Å². The van der Waals surface area contributed by atoms with Crippen LogP contribution in [0.25, 0.3) is 0 Å². The van der Waals surface area contributed by atoms with Crippen molar-refractivity contribution < 1.29 is 23.9 Å². The molecule has 6 nitrogen and oxygen atoms in total. The molecule has 0 saturated heterocycles. The summed E-state index contributed by atoms with van der Waals surface area (Å²) in [6.45, 7) is 3.55. The molecule has 148 valence electrons. The van der Waals surface area contributed by atoms with Gasteiger partial charge in [0.05, 0.1) is 18.2 Å². The maximum absolute atomic E-state index is 12.3. The number of carbonyl (C=O) groups excluding carboxylic acids is 3. The summed E-state index contributed by atoms with van der Waals surface area (Å²) in [6.07, 6.45) is 2.66. The fourth-order valence-electron chi connectivity index (χ4n) is 3.33. The van der Waals surface area contributed by atoms with Crippen LogP contribution in [0, 0.1) is 12.8 Å². The van der Waals surface area contributed by atoms with Crippen molar-refractivity contribution in [2.75, 3.05) is 19.0 Å². The third-order valence-electron chi connectivity index (χ3n) is 4.85. The number of amides is 1. The zero-order chi connectivity index (χ0) is 20.3. The fourth-order valence-corrected chi connectivity index (χ4v) is 4.75. The molecule has 1 N–H and O–H groups in total. The molecule has 1 aliphatic rings. The Kier molecular flexibility index (Phi) is 6.14. The highest BCUT2D eigenvalue weighted by Gasteiger charge is 2.29. The highest BCUT2D eigenvalue weighted by atomic mass is 32.1. The monoisotopic (exact) mass is 401 g/mol. The third-order valence-corrected chi connectivity index (χ3v) is 6.02. The van der Waals surface area contributed by atoms with Gasteiger partial charge in [0.25, 0.3) is 5.91 Å². The Balaban J connectivity index is 1.71. The molecule has 1 heterocycles. The molecular weight excluding hydrogens is 378 g/mol. The lowest BCUT2D eigenvalue weighted by Crippen LogP contribution is -2.22. The Morgan fingerprint density at radius 3 is 2.68 bits per heavy atom. The summed E-state index contributed by atoms with van der Waals surface area (Å²) >= 11 is 1.40. The highest BCUT2D eigenvalue weighted by Crippen LogP contribution is 2.40. The van der Waals surface area contributed by atoms with Gasteiger partial charge in [-0.15, -0.1) is 11.3 Å². The van der Waals surface area contributed by atoms with Crippen LogP contribution >= 0.6 is 11.3 Å². The average Bonchev–Trinajstić information content (AvgIpc) is 3.02. The van der Waals surface area contributed by atoms with Gasteiger partial charge in [-0.25, -0.2) is 9.59 Å². The van der Waals surface area contributed by atoms with Gasteiger partial charge in [0, 0.05) is 4.88 Å². The zero-order valence-electron chi connectivity index (χ0n) is 16.2. The molecular formula is C21H23NO5S. The number of methoxy groups -OCH3 is 1. The van der Waals surface area contributed by atoms with Gasteiger partial charge >= 0.3 is 11.9 Å². The van der Waals surface area contributed by atoms with Crippen molar-refractivity contribution >= 4 is 34.2 Å². The van der Waals surface area contributed by atoms with Crippen LogP contribution in [0.3, 0.4) is 0 Å². The van der Waals surface area contributed by atoms with Gasteiger partial charge in [0.2, 0.25) is 0 Å². The molecule has 0 bridgehead atoms. The number of fused-ring (bicyclic) bond motifs is 1. The minimum Gasteiger partial charge on any atom is -0.465 e. The Morgan fingerprint density at radius 1 is 1.21 bits per heavy atom. The largest absolute Gasteiger partial charge is 0.465 e. The van der Waals surface area contributed by atoms with Crippen molar-refractivity contribution in [3.63, 3.8) is 0 Å². The molecule has 0 saturated carbocycles. The number of hydrogen-bond donors (Lipinski definition) is 1. The van der Waals surface area contributed by atoms with Crippen LogP contribution in [0.15, 0.2) is 24.3 Å². The quantitative estimate of drug-likeness (QED) is 0.772. The van der Waals surface area contributed by atoms with E-state index in [1.54, 1.807) is 25.1 Å². The van der Waals surface area contributed by atoms with E-state index in [2.05, 4.69) is 12.2 Å². The van der Waals surface area contributed by atoms with Crippen LogP contribution in [-0.2, 0) is 27.1 Å². The normalized spacial score (nSPS) is 15.5. The van der Waals surface area contributed by atoms with Gasteiger partial charge in [0.15, 0.2) is 6.61 Å². The molecule has 0 unspecified atom stereocenters. The number of hydrogen-bond acceptors (Lipinski definition) is 6. The number of thiophene rings is 1. The molecule has 3 rings (SSSR count). The number of ether oxygens (including phenoxy) is 2. The van der Waals surface area contributed by atoms with Gasteiger partial charge in [0.1, 0.15) is 5.00 Å². The summed E-state index contributed by atoms with van der Waals surface area (Å²) in [4.78, 5) is 37.9. The van der Waals surface area contributed by atoms with E-state index in [1.807, 2.05) is 6.07 Å². The molecule has 1 atom stereocenters. The third kappa shape index (κ3) is 4.25. The molecule has 1 aromatic carbocycles. The van der Waals surface area contributed by atoms with Crippen LogP contribution in [0.1, 0.15) is 50.1 Å². The van der Waals surface area contributed by atoms with E-state index in [1.165, 1.54) is 18.4 Å². The Morgan fingerprint density at radius 2 is 1.96 bits per heavy atom. The standard InChI is InChI=1S/C21H23NO5S/c1-12-8-9-15-16(10-12)28-19(18(15)21(25)26-3)22-17(23)11-27-20(24)14-7-5-4-6-13(14)2/h4-7,12H,8-11H2,1-3H3,(H,22,23)/t12-/m1/s1. The number of anilines is 1. The topological polar surface area (TPSA) is 81.7 Å². The van der Waals surface area contributed by atoms with E-state index in [9.17, 15) is 14.4 Å². The highest BCUT2D eigenvalue weighted by molar-refractivity contribution is 7.17. The van der Waals surface area contributed by atoms with Crippen molar-refractivity contribution in [3.8, 4) is 0 Å². The van der Waals surface area contributed by atoms with Crippen LogP contribution < -0.4 is 5.32 Å².